The number of carbonyl (C=O) groups is 2. The van der Waals surface area contributed by atoms with Crippen molar-refractivity contribution in [3.8, 4) is 12.3 Å². The quantitative estimate of drug-likeness (QED) is 0.692. The first-order valence-electron chi connectivity index (χ1n) is 11.5. The predicted molar refractivity (Wildman–Crippen MR) is 128 cm³/mol. The van der Waals surface area contributed by atoms with E-state index in [0.29, 0.717) is 41.7 Å². The molecule has 2 atom stereocenters. The number of carbonyl (C=O) groups excluding carboxylic acids is 2. The highest BCUT2D eigenvalue weighted by Crippen LogP contribution is 2.35. The molecular formula is C25H29ClN4O3. The van der Waals surface area contributed by atoms with E-state index < -0.39 is 12.3 Å². The fourth-order valence-corrected chi connectivity index (χ4v) is 4.97. The summed E-state index contributed by atoms with van der Waals surface area (Å²) in [5.74, 6) is 2.97. The van der Waals surface area contributed by atoms with Gasteiger partial charge in [-0.2, -0.15) is 0 Å². The van der Waals surface area contributed by atoms with E-state index in [2.05, 4.69) is 5.92 Å². The summed E-state index contributed by atoms with van der Waals surface area (Å²) in [6, 6.07) is 5.40. The molecule has 2 amide bonds. The molecule has 0 radical (unpaired) electrons. The summed E-state index contributed by atoms with van der Waals surface area (Å²) in [5, 5.41) is 1.55. The summed E-state index contributed by atoms with van der Waals surface area (Å²) >= 11 is 6.72. The van der Waals surface area contributed by atoms with E-state index in [1.807, 2.05) is 13.0 Å². The second kappa shape index (κ2) is 9.98. The number of rotatable bonds is 4. The van der Waals surface area contributed by atoms with Crippen LogP contribution in [0, 0.1) is 18.3 Å². The van der Waals surface area contributed by atoms with E-state index in [9.17, 15) is 9.59 Å². The summed E-state index contributed by atoms with van der Waals surface area (Å²) in [7, 11) is 0. The Hall–Kier alpha value is -2.82. The third kappa shape index (κ3) is 4.78. The number of fused-ring (bicyclic) bond motifs is 2. The molecule has 4 rings (SSSR count). The lowest BCUT2D eigenvalue weighted by Gasteiger charge is -2.39. The largest absolute Gasteiger partial charge is 0.449 e. The Labute approximate surface area is 199 Å². The van der Waals surface area contributed by atoms with Crippen LogP contribution in [0.25, 0.3) is 10.9 Å². The van der Waals surface area contributed by atoms with Crippen LogP contribution in [0.3, 0.4) is 0 Å². The van der Waals surface area contributed by atoms with Crippen LogP contribution < -0.4 is 5.73 Å². The van der Waals surface area contributed by atoms with Crippen molar-refractivity contribution in [3.63, 3.8) is 0 Å². The van der Waals surface area contributed by atoms with E-state index in [4.69, 9.17) is 33.5 Å². The fraction of sp³-hybridized carbons (Fsp3) is 0.480. The monoisotopic (exact) mass is 468 g/mol. The van der Waals surface area contributed by atoms with Gasteiger partial charge in [0.05, 0.1) is 29.9 Å². The van der Waals surface area contributed by atoms with Crippen molar-refractivity contribution in [2.24, 2.45) is 11.7 Å². The first-order valence-corrected chi connectivity index (χ1v) is 11.8. The maximum atomic E-state index is 13.2. The molecule has 2 N–H and O–H groups in total. The van der Waals surface area contributed by atoms with Crippen molar-refractivity contribution in [2.75, 3.05) is 26.2 Å². The highest BCUT2D eigenvalue weighted by atomic mass is 35.5. The molecule has 1 aliphatic heterocycles. The third-order valence-corrected chi connectivity index (χ3v) is 6.84. The molecule has 2 aliphatic rings. The van der Waals surface area contributed by atoms with Gasteiger partial charge >= 0.3 is 6.09 Å². The lowest BCUT2D eigenvalue weighted by molar-refractivity contribution is 0.0392. The van der Waals surface area contributed by atoms with Crippen LogP contribution in [-0.4, -0.2) is 59.2 Å². The minimum absolute atomic E-state index is 0.188. The van der Waals surface area contributed by atoms with Gasteiger partial charge in [0.2, 0.25) is 0 Å². The topological polar surface area (TPSA) is 88.8 Å². The number of aromatic nitrogens is 1. The van der Waals surface area contributed by atoms with Crippen LogP contribution >= 0.6 is 11.6 Å². The summed E-state index contributed by atoms with van der Waals surface area (Å²) in [5.41, 5.74) is 9.50. The van der Waals surface area contributed by atoms with Crippen LogP contribution in [0.4, 0.5) is 4.79 Å². The maximum Gasteiger partial charge on any atom is 0.409 e. The van der Waals surface area contributed by atoms with Gasteiger partial charge in [0.25, 0.3) is 5.91 Å². The Balaban J connectivity index is 1.53. The summed E-state index contributed by atoms with van der Waals surface area (Å²) in [6.07, 6.45) is 8.66. The van der Waals surface area contributed by atoms with Gasteiger partial charge < -0.3 is 20.3 Å². The molecule has 1 saturated heterocycles. The number of amides is 2. The van der Waals surface area contributed by atoms with Crippen LogP contribution in [0.15, 0.2) is 18.2 Å². The minimum Gasteiger partial charge on any atom is -0.449 e. The molecule has 1 fully saturated rings. The van der Waals surface area contributed by atoms with Crippen molar-refractivity contribution in [3.05, 3.63) is 40.0 Å². The van der Waals surface area contributed by atoms with Gasteiger partial charge in [-0.05, 0) is 49.3 Å². The van der Waals surface area contributed by atoms with Gasteiger partial charge in [0.1, 0.15) is 0 Å². The SMILES string of the molecule is C#CCC1CCc2c(nc3cc(C(=O)N4CCN(C(=O)OCCC)CC4N)ccc3c2Cl)C1. The Morgan fingerprint density at radius 2 is 2.18 bits per heavy atom. The number of terminal acetylenes is 1. The third-order valence-electron chi connectivity index (χ3n) is 6.41. The molecular weight excluding hydrogens is 440 g/mol. The molecule has 2 heterocycles. The van der Waals surface area contributed by atoms with Gasteiger partial charge in [-0.3, -0.25) is 9.78 Å². The molecule has 0 saturated carbocycles. The standard InChI is InChI=1S/C25H29ClN4O3/c1-3-5-16-6-8-18-20(13-16)28-21-14-17(7-9-19(21)23(18)26)24(31)30-11-10-29(15-22(30)27)25(32)33-12-4-2/h1,7,9,14,16,22H,4-6,8,10-13,15,27H2,2H3. The van der Waals surface area contributed by atoms with Gasteiger partial charge in [-0.15, -0.1) is 12.3 Å². The molecule has 1 aromatic carbocycles. The van der Waals surface area contributed by atoms with E-state index in [-0.39, 0.29) is 12.5 Å². The average molecular weight is 469 g/mol. The maximum absolute atomic E-state index is 13.2. The Morgan fingerprint density at radius 3 is 2.91 bits per heavy atom. The number of halogens is 1. The van der Waals surface area contributed by atoms with E-state index in [0.717, 1.165) is 48.7 Å². The zero-order valence-electron chi connectivity index (χ0n) is 18.8. The first kappa shape index (κ1) is 23.3. The van der Waals surface area contributed by atoms with Crippen LogP contribution in [0.5, 0.6) is 0 Å². The number of hydrogen-bond donors (Lipinski definition) is 1. The van der Waals surface area contributed by atoms with Gasteiger partial charge in [-0.25, -0.2) is 4.79 Å². The number of nitrogens with two attached hydrogens (primary N) is 1. The number of ether oxygens (including phenoxy) is 1. The molecule has 8 heteroatoms. The summed E-state index contributed by atoms with van der Waals surface area (Å²) < 4.78 is 5.18. The number of pyridine rings is 1. The number of benzene rings is 1. The van der Waals surface area contributed by atoms with Gasteiger partial charge in [-0.1, -0.05) is 24.6 Å². The average Bonchev–Trinajstić information content (AvgIpc) is 2.82. The normalized spacial score (nSPS) is 20.3. The van der Waals surface area contributed by atoms with Crippen LogP contribution in [0.2, 0.25) is 5.02 Å². The smallest absolute Gasteiger partial charge is 0.409 e. The minimum atomic E-state index is -0.610. The number of piperazine rings is 1. The number of nitrogens with zero attached hydrogens (tertiary/aromatic N) is 3. The van der Waals surface area contributed by atoms with Crippen LogP contribution in [0.1, 0.15) is 47.8 Å². The molecule has 2 aromatic rings. The Morgan fingerprint density at radius 1 is 1.36 bits per heavy atom. The highest BCUT2D eigenvalue weighted by molar-refractivity contribution is 6.36. The molecule has 2 unspecified atom stereocenters. The first-order chi connectivity index (χ1) is 15.9. The molecule has 0 spiro atoms. The van der Waals surface area contributed by atoms with Crippen molar-refractivity contribution in [2.45, 2.75) is 45.2 Å². The molecule has 174 valence electrons. The molecule has 7 nitrogen and oxygen atoms in total. The Bertz CT molecular complexity index is 1110. The van der Waals surface area contributed by atoms with Crippen molar-refractivity contribution in [1.29, 1.82) is 0 Å². The lowest BCUT2D eigenvalue weighted by Crippen LogP contribution is -2.60. The second-order valence-corrected chi connectivity index (χ2v) is 9.10. The second-order valence-electron chi connectivity index (χ2n) is 8.73. The lowest BCUT2D eigenvalue weighted by atomic mass is 9.84. The van der Waals surface area contributed by atoms with Crippen molar-refractivity contribution < 1.29 is 14.3 Å². The predicted octanol–water partition coefficient (Wildman–Crippen LogP) is 3.61. The molecule has 1 aromatic heterocycles. The zero-order chi connectivity index (χ0) is 23.5. The molecule has 1 aliphatic carbocycles. The zero-order valence-corrected chi connectivity index (χ0v) is 19.6. The van der Waals surface area contributed by atoms with Gasteiger partial charge in [0, 0.05) is 36.2 Å². The van der Waals surface area contributed by atoms with Gasteiger partial charge in [0.15, 0.2) is 0 Å². The summed E-state index contributed by atoms with van der Waals surface area (Å²) in [4.78, 5) is 33.4. The fourth-order valence-electron chi connectivity index (χ4n) is 4.61. The Kier molecular flexibility index (Phi) is 7.06. The molecule has 33 heavy (non-hydrogen) atoms. The highest BCUT2D eigenvalue weighted by Gasteiger charge is 2.32. The van der Waals surface area contributed by atoms with E-state index in [1.165, 1.54) is 0 Å². The van der Waals surface area contributed by atoms with Crippen molar-refractivity contribution in [1.82, 2.24) is 14.8 Å². The van der Waals surface area contributed by atoms with E-state index >= 15 is 0 Å². The summed E-state index contributed by atoms with van der Waals surface area (Å²) in [6.45, 7) is 3.25. The number of hydrogen-bond acceptors (Lipinski definition) is 5. The van der Waals surface area contributed by atoms with Crippen LogP contribution in [-0.2, 0) is 17.6 Å². The molecule has 0 bridgehead atoms. The van der Waals surface area contributed by atoms with Crippen molar-refractivity contribution >= 4 is 34.5 Å². The van der Waals surface area contributed by atoms with E-state index in [1.54, 1.807) is 21.9 Å².